The molecule has 1 aliphatic heterocycles. The van der Waals surface area contributed by atoms with Crippen LogP contribution in [-0.4, -0.2) is 29.5 Å². The molecule has 0 spiro atoms. The first-order valence-electron chi connectivity index (χ1n) is 6.35. The lowest BCUT2D eigenvalue weighted by Crippen LogP contribution is -2.41. The van der Waals surface area contributed by atoms with E-state index in [1.165, 1.54) is 0 Å². The molecule has 2 rings (SSSR count). The molecule has 0 aromatic rings. The molecule has 0 unspecified atom stereocenters. The summed E-state index contributed by atoms with van der Waals surface area (Å²) in [7, 11) is -0.150. The Hall–Kier alpha value is -0.0551. The Morgan fingerprint density at radius 3 is 2.12 bits per heavy atom. The van der Waals surface area contributed by atoms with Crippen molar-refractivity contribution in [2.75, 3.05) is 0 Å². The quantitative estimate of drug-likeness (QED) is 0.734. The Bertz CT molecular complexity index is 249. The van der Waals surface area contributed by atoms with Crippen molar-refractivity contribution in [3.8, 4) is 0 Å². The van der Waals surface area contributed by atoms with Crippen molar-refractivity contribution in [2.45, 2.75) is 70.6 Å². The minimum atomic E-state index is -0.249. The highest BCUT2D eigenvalue weighted by atomic mass is 16.7. The molecular weight excluding hydrogens is 203 g/mol. The highest BCUT2D eigenvalue weighted by molar-refractivity contribution is 6.45. The fraction of sp³-hybridized carbons (Fsp3) is 1.00. The van der Waals surface area contributed by atoms with Gasteiger partial charge in [-0.25, -0.2) is 0 Å². The molecule has 0 amide bonds. The molecule has 16 heavy (non-hydrogen) atoms. The molecule has 1 N–H and O–H groups in total. The van der Waals surface area contributed by atoms with Gasteiger partial charge in [0.05, 0.1) is 17.3 Å². The average molecular weight is 226 g/mol. The van der Waals surface area contributed by atoms with E-state index in [4.69, 9.17) is 9.31 Å². The molecule has 2 aliphatic rings. The van der Waals surface area contributed by atoms with Gasteiger partial charge < -0.3 is 14.4 Å². The van der Waals surface area contributed by atoms with E-state index in [0.29, 0.717) is 5.92 Å². The summed E-state index contributed by atoms with van der Waals surface area (Å²) in [6.45, 7) is 8.27. The zero-order chi connectivity index (χ0) is 12.0. The smallest absolute Gasteiger partial charge is 0.403 e. The molecule has 2 atom stereocenters. The van der Waals surface area contributed by atoms with Gasteiger partial charge in [0, 0.05) is 0 Å². The first-order chi connectivity index (χ1) is 7.32. The predicted octanol–water partition coefficient (Wildman–Crippen LogP) is 2.24. The normalized spacial score (nSPS) is 36.9. The van der Waals surface area contributed by atoms with Crippen LogP contribution in [0.3, 0.4) is 0 Å². The van der Waals surface area contributed by atoms with Crippen LogP contribution in [0.2, 0.25) is 6.32 Å². The maximum atomic E-state index is 9.80. The van der Waals surface area contributed by atoms with E-state index < -0.39 is 0 Å². The minimum absolute atomic E-state index is 0.150. The van der Waals surface area contributed by atoms with Crippen molar-refractivity contribution in [3.05, 3.63) is 0 Å². The van der Waals surface area contributed by atoms with Crippen LogP contribution >= 0.6 is 0 Å². The van der Waals surface area contributed by atoms with Gasteiger partial charge in [0.2, 0.25) is 0 Å². The third-order valence-corrected chi connectivity index (χ3v) is 4.42. The minimum Gasteiger partial charge on any atom is -0.403 e. The standard InChI is InChI=1S/C12H23BO3/c1-11(2)12(3,4)16-13(15-11)8-9-6-5-7-10(9)14/h9-10,14H,5-8H2,1-4H3/t9-,10+/m1/s1. The zero-order valence-corrected chi connectivity index (χ0v) is 10.8. The Labute approximate surface area is 98.7 Å². The van der Waals surface area contributed by atoms with Gasteiger partial charge in [-0.3, -0.25) is 0 Å². The van der Waals surface area contributed by atoms with E-state index >= 15 is 0 Å². The molecule has 1 heterocycles. The van der Waals surface area contributed by atoms with Gasteiger partial charge in [0.25, 0.3) is 0 Å². The van der Waals surface area contributed by atoms with Crippen molar-refractivity contribution in [2.24, 2.45) is 5.92 Å². The number of rotatable bonds is 2. The maximum Gasteiger partial charge on any atom is 0.458 e. The van der Waals surface area contributed by atoms with Crippen LogP contribution in [0.25, 0.3) is 0 Å². The SMILES string of the molecule is CC1(C)OB(C[C@H]2CCC[C@@H]2O)OC1(C)C. The fourth-order valence-electron chi connectivity index (χ4n) is 2.60. The largest absolute Gasteiger partial charge is 0.458 e. The summed E-state index contributed by atoms with van der Waals surface area (Å²) in [5.41, 5.74) is -0.498. The predicted molar refractivity (Wildman–Crippen MR) is 64.2 cm³/mol. The molecule has 0 aromatic carbocycles. The van der Waals surface area contributed by atoms with Crippen molar-refractivity contribution in [1.29, 1.82) is 0 Å². The van der Waals surface area contributed by atoms with Crippen molar-refractivity contribution < 1.29 is 14.4 Å². The number of hydrogen-bond donors (Lipinski definition) is 1. The molecule has 1 saturated heterocycles. The molecular formula is C12H23BO3. The lowest BCUT2D eigenvalue weighted by molar-refractivity contribution is 0.00578. The van der Waals surface area contributed by atoms with Gasteiger partial charge >= 0.3 is 7.12 Å². The summed E-state index contributed by atoms with van der Waals surface area (Å²) >= 11 is 0. The summed E-state index contributed by atoms with van der Waals surface area (Å²) in [5, 5.41) is 9.80. The monoisotopic (exact) mass is 226 g/mol. The summed E-state index contributed by atoms with van der Waals surface area (Å²) < 4.78 is 11.9. The highest BCUT2D eigenvalue weighted by Gasteiger charge is 2.51. The van der Waals surface area contributed by atoms with Crippen LogP contribution < -0.4 is 0 Å². The number of aliphatic hydroxyl groups is 1. The molecule has 0 aromatic heterocycles. The molecule has 3 nitrogen and oxygen atoms in total. The van der Waals surface area contributed by atoms with Gasteiger partial charge in [-0.15, -0.1) is 0 Å². The molecule has 0 radical (unpaired) electrons. The maximum absolute atomic E-state index is 9.80. The van der Waals surface area contributed by atoms with E-state index in [1.54, 1.807) is 0 Å². The molecule has 1 saturated carbocycles. The summed E-state index contributed by atoms with van der Waals surface area (Å²) in [5.74, 6) is 0.356. The van der Waals surface area contributed by atoms with Crippen LogP contribution in [-0.2, 0) is 9.31 Å². The summed E-state index contributed by atoms with van der Waals surface area (Å²) in [6.07, 6.45) is 3.84. The van der Waals surface area contributed by atoms with Gasteiger partial charge in [0.15, 0.2) is 0 Å². The molecule has 1 aliphatic carbocycles. The fourth-order valence-corrected chi connectivity index (χ4v) is 2.60. The molecule has 4 heteroatoms. The lowest BCUT2D eigenvalue weighted by atomic mass is 9.76. The van der Waals surface area contributed by atoms with Crippen molar-refractivity contribution >= 4 is 7.12 Å². The van der Waals surface area contributed by atoms with E-state index in [1.807, 2.05) is 0 Å². The van der Waals surface area contributed by atoms with Crippen LogP contribution in [0.15, 0.2) is 0 Å². The zero-order valence-electron chi connectivity index (χ0n) is 10.8. The first-order valence-corrected chi connectivity index (χ1v) is 6.35. The van der Waals surface area contributed by atoms with Crippen LogP contribution in [0, 0.1) is 5.92 Å². The van der Waals surface area contributed by atoms with Crippen LogP contribution in [0.1, 0.15) is 47.0 Å². The van der Waals surface area contributed by atoms with Gasteiger partial charge in [0.1, 0.15) is 0 Å². The number of aliphatic hydroxyl groups excluding tert-OH is 1. The molecule has 92 valence electrons. The third kappa shape index (κ3) is 2.15. The van der Waals surface area contributed by atoms with Crippen molar-refractivity contribution in [1.82, 2.24) is 0 Å². The second kappa shape index (κ2) is 4.00. The van der Waals surface area contributed by atoms with Crippen molar-refractivity contribution in [3.63, 3.8) is 0 Å². The Kier molecular flexibility index (Phi) is 3.10. The second-order valence-electron chi connectivity index (χ2n) is 6.18. The van der Waals surface area contributed by atoms with E-state index in [9.17, 15) is 5.11 Å². The topological polar surface area (TPSA) is 38.7 Å². The Morgan fingerprint density at radius 1 is 1.12 bits per heavy atom. The molecule has 0 bridgehead atoms. The Balaban J connectivity index is 1.94. The third-order valence-electron chi connectivity index (χ3n) is 4.42. The number of hydrogen-bond acceptors (Lipinski definition) is 3. The Morgan fingerprint density at radius 2 is 1.69 bits per heavy atom. The van der Waals surface area contributed by atoms with Gasteiger partial charge in [-0.1, -0.05) is 6.42 Å². The van der Waals surface area contributed by atoms with E-state index in [2.05, 4.69) is 27.7 Å². The lowest BCUT2D eigenvalue weighted by Gasteiger charge is -2.32. The van der Waals surface area contributed by atoms with Crippen LogP contribution in [0.4, 0.5) is 0 Å². The van der Waals surface area contributed by atoms with E-state index in [-0.39, 0.29) is 24.4 Å². The highest BCUT2D eigenvalue weighted by Crippen LogP contribution is 2.40. The van der Waals surface area contributed by atoms with Gasteiger partial charge in [-0.2, -0.15) is 0 Å². The average Bonchev–Trinajstić information content (AvgIpc) is 2.57. The first kappa shape index (κ1) is 12.4. The summed E-state index contributed by atoms with van der Waals surface area (Å²) in [6, 6.07) is 0. The van der Waals surface area contributed by atoms with E-state index in [0.717, 1.165) is 25.6 Å². The van der Waals surface area contributed by atoms with Gasteiger partial charge in [-0.05, 0) is 52.8 Å². The molecule has 2 fully saturated rings. The second-order valence-corrected chi connectivity index (χ2v) is 6.18. The van der Waals surface area contributed by atoms with Crippen LogP contribution in [0.5, 0.6) is 0 Å². The summed E-state index contributed by atoms with van der Waals surface area (Å²) in [4.78, 5) is 0.